The average Bonchev–Trinajstić information content (AvgIpc) is 3.47. The quantitative estimate of drug-likeness (QED) is 0.132. The van der Waals surface area contributed by atoms with Crippen LogP contribution in [0.4, 0.5) is 0 Å². The van der Waals surface area contributed by atoms with Gasteiger partial charge in [-0.25, -0.2) is 0 Å². The van der Waals surface area contributed by atoms with Gasteiger partial charge in [0, 0.05) is 19.5 Å². The highest BCUT2D eigenvalue weighted by Crippen LogP contribution is 2.24. The molecule has 0 aromatic heterocycles. The molecule has 6 heteroatoms. The lowest BCUT2D eigenvalue weighted by molar-refractivity contribution is -0.149. The molecule has 2 atom stereocenters. The molecule has 0 unspecified atom stereocenters. The molecule has 0 bridgehead atoms. The summed E-state index contributed by atoms with van der Waals surface area (Å²) in [6.45, 7) is 6.26. The first-order valence-corrected chi connectivity index (χ1v) is 14.7. The molecule has 2 N–H and O–H groups in total. The number of unbranched alkanes of at least 4 members (excludes halogenated alkanes) is 12. The summed E-state index contributed by atoms with van der Waals surface area (Å²) in [4.78, 5) is 28.8. The smallest absolute Gasteiger partial charge is 0.312 e. The normalized spacial score (nSPS) is 21.0. The lowest BCUT2D eigenvalue weighted by atomic mass is 10.1. The molecule has 2 saturated heterocycles. The van der Waals surface area contributed by atoms with E-state index < -0.39 is 12.1 Å². The zero-order chi connectivity index (χ0) is 25.1. The van der Waals surface area contributed by atoms with E-state index in [0.29, 0.717) is 13.2 Å². The summed E-state index contributed by atoms with van der Waals surface area (Å²) in [6, 6.07) is 0. The third-order valence-corrected chi connectivity index (χ3v) is 7.55. The number of amides is 1. The third kappa shape index (κ3) is 12.4. The van der Waals surface area contributed by atoms with Crippen molar-refractivity contribution < 1.29 is 14.3 Å². The van der Waals surface area contributed by atoms with Crippen molar-refractivity contribution in [3.05, 3.63) is 12.2 Å². The Hall–Kier alpha value is -1.40. The number of esters is 1. The fourth-order valence-electron chi connectivity index (χ4n) is 5.22. The molecule has 0 spiro atoms. The summed E-state index contributed by atoms with van der Waals surface area (Å²) in [5.41, 5.74) is 6.26. The zero-order valence-corrected chi connectivity index (χ0v) is 22.6. The molecule has 2 heterocycles. The fraction of sp³-hybridized carbons (Fsp3) is 0.862. The molecule has 2 fully saturated rings. The predicted octanol–water partition coefficient (Wildman–Crippen LogP) is 5.80. The van der Waals surface area contributed by atoms with Gasteiger partial charge < -0.3 is 15.4 Å². The minimum Gasteiger partial charge on any atom is -0.464 e. The van der Waals surface area contributed by atoms with E-state index in [1.807, 2.05) is 0 Å². The van der Waals surface area contributed by atoms with Crippen LogP contribution < -0.4 is 5.73 Å². The summed E-state index contributed by atoms with van der Waals surface area (Å²) < 4.78 is 5.45. The van der Waals surface area contributed by atoms with E-state index in [2.05, 4.69) is 24.0 Å². The van der Waals surface area contributed by atoms with Gasteiger partial charge >= 0.3 is 5.97 Å². The Morgan fingerprint density at radius 1 is 0.886 bits per heavy atom. The Labute approximate surface area is 215 Å². The number of rotatable bonds is 20. The molecule has 202 valence electrons. The number of ether oxygens (including phenoxy) is 1. The first-order chi connectivity index (χ1) is 17.1. The standard InChI is InChI=1S/C29H53N3O3/c1-2-3-4-5-6-7-8-9-10-11-12-13-14-15-16-17-22-32-27(33)25-26(28(32)30)29(34)35-24-23-31-20-18-19-21-31/h9-10,26,28H,2-8,11-25,30H2,1H3/b10-9-/t26-,28-/m0/s1. The SMILES string of the molecule is CCCCCCCC/C=C\CCCCCCCCN1C(=O)C[C@H](C(=O)OCCN2CCCC2)[C@H]1N. The molecular weight excluding hydrogens is 438 g/mol. The molecule has 0 aliphatic carbocycles. The lowest BCUT2D eigenvalue weighted by Gasteiger charge is -2.24. The molecule has 2 rings (SSSR count). The molecule has 0 saturated carbocycles. The number of carbonyl (C=O) groups is 2. The van der Waals surface area contributed by atoms with Crippen LogP contribution >= 0.6 is 0 Å². The first kappa shape index (κ1) is 29.8. The zero-order valence-electron chi connectivity index (χ0n) is 22.6. The first-order valence-electron chi connectivity index (χ1n) is 14.7. The maximum absolute atomic E-state index is 12.4. The third-order valence-electron chi connectivity index (χ3n) is 7.55. The lowest BCUT2D eigenvalue weighted by Crippen LogP contribution is -2.45. The number of carbonyl (C=O) groups excluding carboxylic acids is 2. The molecule has 2 aliphatic rings. The van der Waals surface area contributed by atoms with Crippen LogP contribution in [0.2, 0.25) is 0 Å². The number of nitrogens with zero attached hydrogens (tertiary/aromatic N) is 2. The van der Waals surface area contributed by atoms with E-state index in [-0.39, 0.29) is 18.3 Å². The Kier molecular flexibility index (Phi) is 16.0. The summed E-state index contributed by atoms with van der Waals surface area (Å²) in [5.74, 6) is -0.837. The van der Waals surface area contributed by atoms with E-state index in [0.717, 1.165) is 32.5 Å². The van der Waals surface area contributed by atoms with Gasteiger partial charge in [-0.3, -0.25) is 14.5 Å². The maximum atomic E-state index is 12.4. The van der Waals surface area contributed by atoms with Crippen LogP contribution in [0.5, 0.6) is 0 Å². The fourth-order valence-corrected chi connectivity index (χ4v) is 5.22. The van der Waals surface area contributed by atoms with E-state index in [4.69, 9.17) is 10.5 Å². The van der Waals surface area contributed by atoms with E-state index >= 15 is 0 Å². The van der Waals surface area contributed by atoms with Crippen molar-refractivity contribution in [1.82, 2.24) is 9.80 Å². The Balaban J connectivity index is 1.43. The summed E-state index contributed by atoms with van der Waals surface area (Å²) in [6.07, 6.45) is 24.5. The maximum Gasteiger partial charge on any atom is 0.312 e. The van der Waals surface area contributed by atoms with Crippen molar-refractivity contribution in [2.45, 2.75) is 122 Å². The topological polar surface area (TPSA) is 75.9 Å². The predicted molar refractivity (Wildman–Crippen MR) is 144 cm³/mol. The Morgan fingerprint density at radius 2 is 1.46 bits per heavy atom. The number of hydrogen-bond acceptors (Lipinski definition) is 5. The van der Waals surface area contributed by atoms with Crippen molar-refractivity contribution >= 4 is 11.9 Å². The monoisotopic (exact) mass is 491 g/mol. The van der Waals surface area contributed by atoms with Crippen molar-refractivity contribution in [3.8, 4) is 0 Å². The Morgan fingerprint density at radius 3 is 2.09 bits per heavy atom. The molecule has 6 nitrogen and oxygen atoms in total. The van der Waals surface area contributed by atoms with E-state index in [1.54, 1.807) is 4.90 Å². The minimum atomic E-state index is -0.537. The molecule has 0 aromatic rings. The van der Waals surface area contributed by atoms with Gasteiger partial charge in [0.2, 0.25) is 5.91 Å². The largest absolute Gasteiger partial charge is 0.464 e. The molecule has 0 radical (unpaired) electrons. The van der Waals surface area contributed by atoms with Crippen LogP contribution in [0.3, 0.4) is 0 Å². The van der Waals surface area contributed by atoms with Crippen LogP contribution in [0.15, 0.2) is 12.2 Å². The van der Waals surface area contributed by atoms with Crippen LogP contribution in [-0.2, 0) is 14.3 Å². The molecule has 1 amide bonds. The number of nitrogens with two attached hydrogens (primary N) is 1. The van der Waals surface area contributed by atoms with Crippen molar-refractivity contribution in [2.75, 3.05) is 32.8 Å². The average molecular weight is 492 g/mol. The van der Waals surface area contributed by atoms with Crippen LogP contribution in [-0.4, -0.2) is 60.6 Å². The van der Waals surface area contributed by atoms with Gasteiger partial charge in [-0.15, -0.1) is 0 Å². The number of allylic oxidation sites excluding steroid dienone is 2. The summed E-state index contributed by atoms with van der Waals surface area (Å²) in [5, 5.41) is 0. The van der Waals surface area contributed by atoms with E-state index in [1.165, 1.54) is 89.9 Å². The van der Waals surface area contributed by atoms with Gasteiger partial charge in [0.1, 0.15) is 6.61 Å². The van der Waals surface area contributed by atoms with Gasteiger partial charge in [-0.1, -0.05) is 76.9 Å². The number of likely N-dealkylation sites (tertiary alicyclic amines) is 2. The molecular formula is C29H53N3O3. The van der Waals surface area contributed by atoms with Gasteiger partial charge in [0.25, 0.3) is 0 Å². The second-order valence-corrected chi connectivity index (χ2v) is 10.5. The minimum absolute atomic E-state index is 0.00765. The molecule has 35 heavy (non-hydrogen) atoms. The molecule has 0 aromatic carbocycles. The summed E-state index contributed by atoms with van der Waals surface area (Å²) in [7, 11) is 0. The van der Waals surface area contributed by atoms with Gasteiger partial charge in [0.05, 0.1) is 12.1 Å². The van der Waals surface area contributed by atoms with Gasteiger partial charge in [0.15, 0.2) is 0 Å². The highest BCUT2D eigenvalue weighted by Gasteiger charge is 2.42. The second kappa shape index (κ2) is 18.8. The van der Waals surface area contributed by atoms with Gasteiger partial charge in [-0.2, -0.15) is 0 Å². The summed E-state index contributed by atoms with van der Waals surface area (Å²) >= 11 is 0. The van der Waals surface area contributed by atoms with Crippen LogP contribution in [0.25, 0.3) is 0 Å². The Bertz CT molecular complexity index is 604. The van der Waals surface area contributed by atoms with Crippen molar-refractivity contribution in [1.29, 1.82) is 0 Å². The van der Waals surface area contributed by atoms with E-state index in [9.17, 15) is 9.59 Å². The second-order valence-electron chi connectivity index (χ2n) is 10.5. The van der Waals surface area contributed by atoms with Crippen molar-refractivity contribution in [2.24, 2.45) is 11.7 Å². The highest BCUT2D eigenvalue weighted by atomic mass is 16.5. The van der Waals surface area contributed by atoms with Gasteiger partial charge in [-0.05, 0) is 58.0 Å². The van der Waals surface area contributed by atoms with Crippen LogP contribution in [0, 0.1) is 5.92 Å². The van der Waals surface area contributed by atoms with Crippen LogP contribution in [0.1, 0.15) is 116 Å². The van der Waals surface area contributed by atoms with Crippen molar-refractivity contribution in [3.63, 3.8) is 0 Å². The molecule has 2 aliphatic heterocycles. The highest BCUT2D eigenvalue weighted by molar-refractivity contribution is 5.87. The number of hydrogen-bond donors (Lipinski definition) is 1.